The number of hydrogen-bond donors (Lipinski definition) is 1. The second-order valence-corrected chi connectivity index (χ2v) is 10.9. The molecule has 3 aromatic carbocycles. The van der Waals surface area contributed by atoms with E-state index in [4.69, 9.17) is 15.2 Å². The predicted octanol–water partition coefficient (Wildman–Crippen LogP) is 3.52. The Kier molecular flexibility index (Phi) is 7.14. The van der Waals surface area contributed by atoms with Gasteiger partial charge >= 0.3 is 0 Å². The van der Waals surface area contributed by atoms with Gasteiger partial charge in [0.2, 0.25) is 0 Å². The number of sulfone groups is 1. The predicted molar refractivity (Wildman–Crippen MR) is 135 cm³/mol. The van der Waals surface area contributed by atoms with E-state index in [1.807, 2.05) is 32.0 Å². The average Bonchev–Trinajstić information content (AvgIpc) is 3.20. The number of carbonyl (C=O) groups is 1. The van der Waals surface area contributed by atoms with Gasteiger partial charge in [0.05, 0.1) is 25.4 Å². The Balaban J connectivity index is 1.47. The smallest absolute Gasteiger partial charge is 0.254 e. The Morgan fingerprint density at radius 1 is 1.03 bits per heavy atom. The van der Waals surface area contributed by atoms with Crippen LogP contribution in [0.4, 0.5) is 0 Å². The second kappa shape index (κ2) is 10.1. The van der Waals surface area contributed by atoms with Gasteiger partial charge in [0.15, 0.2) is 9.84 Å². The van der Waals surface area contributed by atoms with Gasteiger partial charge in [-0.1, -0.05) is 42.0 Å². The first kappa shape index (κ1) is 24.8. The van der Waals surface area contributed by atoms with Gasteiger partial charge in [-0.3, -0.25) is 4.79 Å². The Morgan fingerprint density at radius 2 is 1.80 bits per heavy atom. The fourth-order valence-corrected chi connectivity index (χ4v) is 5.80. The SMILES string of the molecule is COc1ccccc1S(=O)(=O)Cc1cccc(OC2CN(C(=O)c3cc(C)ccc3C)CC2N)c1. The van der Waals surface area contributed by atoms with Crippen molar-refractivity contribution in [1.29, 1.82) is 0 Å². The molecule has 1 heterocycles. The number of amides is 1. The highest BCUT2D eigenvalue weighted by Crippen LogP contribution is 2.28. The van der Waals surface area contributed by atoms with Crippen LogP contribution in [0.3, 0.4) is 0 Å². The van der Waals surface area contributed by atoms with Crippen LogP contribution < -0.4 is 15.2 Å². The minimum atomic E-state index is -3.63. The third-order valence-corrected chi connectivity index (χ3v) is 7.89. The molecule has 35 heavy (non-hydrogen) atoms. The highest BCUT2D eigenvalue weighted by atomic mass is 32.2. The van der Waals surface area contributed by atoms with Crippen LogP contribution in [0, 0.1) is 13.8 Å². The molecule has 7 nitrogen and oxygen atoms in total. The van der Waals surface area contributed by atoms with Crippen molar-refractivity contribution in [2.75, 3.05) is 20.2 Å². The van der Waals surface area contributed by atoms with Crippen molar-refractivity contribution in [3.8, 4) is 11.5 Å². The molecule has 4 rings (SSSR count). The van der Waals surface area contributed by atoms with Crippen molar-refractivity contribution in [1.82, 2.24) is 4.90 Å². The maximum absolute atomic E-state index is 13.1. The number of methoxy groups -OCH3 is 1. The van der Waals surface area contributed by atoms with Gasteiger partial charge < -0.3 is 20.1 Å². The van der Waals surface area contributed by atoms with E-state index in [0.717, 1.165) is 11.1 Å². The minimum absolute atomic E-state index is 0.0654. The molecular formula is C27H30N2O5S. The number of hydrogen-bond acceptors (Lipinski definition) is 6. The van der Waals surface area contributed by atoms with Crippen LogP contribution >= 0.6 is 0 Å². The second-order valence-electron chi connectivity index (χ2n) is 8.91. The van der Waals surface area contributed by atoms with Crippen LogP contribution in [-0.4, -0.2) is 51.6 Å². The summed E-state index contributed by atoms with van der Waals surface area (Å²) in [6.45, 7) is 4.62. The quantitative estimate of drug-likeness (QED) is 0.540. The van der Waals surface area contributed by atoms with E-state index in [2.05, 4.69) is 0 Å². The van der Waals surface area contributed by atoms with E-state index in [0.29, 0.717) is 35.7 Å². The molecule has 1 saturated heterocycles. The van der Waals surface area contributed by atoms with Crippen LogP contribution in [0.2, 0.25) is 0 Å². The molecule has 0 aliphatic carbocycles. The Bertz CT molecular complexity index is 1340. The van der Waals surface area contributed by atoms with Crippen LogP contribution in [0.5, 0.6) is 11.5 Å². The zero-order chi connectivity index (χ0) is 25.2. The number of likely N-dealkylation sites (tertiary alicyclic amines) is 1. The van der Waals surface area contributed by atoms with Gasteiger partial charge in [0.25, 0.3) is 5.91 Å². The van der Waals surface area contributed by atoms with Gasteiger partial charge in [-0.25, -0.2) is 8.42 Å². The molecule has 0 saturated carbocycles. The number of benzene rings is 3. The van der Waals surface area contributed by atoms with Crippen molar-refractivity contribution in [3.63, 3.8) is 0 Å². The zero-order valence-electron chi connectivity index (χ0n) is 20.1. The Labute approximate surface area is 206 Å². The topological polar surface area (TPSA) is 98.9 Å². The zero-order valence-corrected chi connectivity index (χ0v) is 20.9. The molecule has 0 aromatic heterocycles. The van der Waals surface area contributed by atoms with Crippen molar-refractivity contribution in [2.45, 2.75) is 36.6 Å². The first-order valence-corrected chi connectivity index (χ1v) is 13.1. The molecule has 0 bridgehead atoms. The molecule has 8 heteroatoms. The minimum Gasteiger partial charge on any atom is -0.495 e. The van der Waals surface area contributed by atoms with E-state index < -0.39 is 15.9 Å². The highest BCUT2D eigenvalue weighted by Gasteiger charge is 2.35. The molecule has 2 atom stereocenters. The number of ether oxygens (including phenoxy) is 2. The number of para-hydroxylation sites is 1. The standard InChI is InChI=1S/C27H30N2O5S/c1-18-11-12-19(2)22(13-18)27(30)29-15-23(28)25(16-29)34-21-8-6-7-20(14-21)17-35(31,32)26-10-5-4-9-24(26)33-3/h4-14,23,25H,15-17,28H2,1-3H3. The summed E-state index contributed by atoms with van der Waals surface area (Å²) in [5.74, 6) is 0.562. The van der Waals surface area contributed by atoms with Crippen molar-refractivity contribution in [3.05, 3.63) is 89.0 Å². The Morgan fingerprint density at radius 3 is 2.57 bits per heavy atom. The summed E-state index contributed by atoms with van der Waals surface area (Å²) in [5, 5.41) is 0. The largest absolute Gasteiger partial charge is 0.495 e. The molecule has 3 aromatic rings. The van der Waals surface area contributed by atoms with Gasteiger partial charge in [-0.2, -0.15) is 0 Å². The summed E-state index contributed by atoms with van der Waals surface area (Å²) in [7, 11) is -2.18. The molecule has 1 fully saturated rings. The fraction of sp³-hybridized carbons (Fsp3) is 0.296. The third-order valence-electron chi connectivity index (χ3n) is 6.17. The van der Waals surface area contributed by atoms with Crippen molar-refractivity contribution in [2.24, 2.45) is 5.73 Å². The number of nitrogens with zero attached hydrogens (tertiary/aromatic N) is 1. The molecule has 1 aliphatic heterocycles. The molecular weight excluding hydrogens is 464 g/mol. The maximum atomic E-state index is 13.1. The lowest BCUT2D eigenvalue weighted by molar-refractivity contribution is 0.0771. The molecule has 1 amide bonds. The van der Waals surface area contributed by atoms with Crippen LogP contribution in [0.15, 0.2) is 71.6 Å². The van der Waals surface area contributed by atoms with E-state index in [1.165, 1.54) is 13.2 Å². The lowest BCUT2D eigenvalue weighted by atomic mass is 10.0. The van der Waals surface area contributed by atoms with E-state index in [9.17, 15) is 13.2 Å². The summed E-state index contributed by atoms with van der Waals surface area (Å²) < 4.78 is 37.4. The highest BCUT2D eigenvalue weighted by molar-refractivity contribution is 7.90. The summed E-state index contributed by atoms with van der Waals surface area (Å²) in [6, 6.07) is 19.0. The van der Waals surface area contributed by atoms with Crippen LogP contribution in [-0.2, 0) is 15.6 Å². The Hall–Kier alpha value is -3.36. The summed E-state index contributed by atoms with van der Waals surface area (Å²) >= 11 is 0. The van der Waals surface area contributed by atoms with E-state index in [-0.39, 0.29) is 22.6 Å². The number of aryl methyl sites for hydroxylation is 2. The summed E-state index contributed by atoms with van der Waals surface area (Å²) in [4.78, 5) is 15.0. The molecule has 2 unspecified atom stereocenters. The molecule has 2 N–H and O–H groups in total. The van der Waals surface area contributed by atoms with E-state index in [1.54, 1.807) is 47.4 Å². The third kappa shape index (κ3) is 5.49. The molecule has 0 radical (unpaired) electrons. The summed E-state index contributed by atoms with van der Waals surface area (Å²) in [6.07, 6.45) is -0.398. The monoisotopic (exact) mass is 494 g/mol. The van der Waals surface area contributed by atoms with Gasteiger partial charge in [0, 0.05) is 12.1 Å². The van der Waals surface area contributed by atoms with Crippen LogP contribution in [0.25, 0.3) is 0 Å². The lowest BCUT2D eigenvalue weighted by Crippen LogP contribution is -2.37. The van der Waals surface area contributed by atoms with Crippen molar-refractivity contribution < 1.29 is 22.7 Å². The number of rotatable bonds is 7. The lowest BCUT2D eigenvalue weighted by Gasteiger charge is -2.19. The maximum Gasteiger partial charge on any atom is 0.254 e. The first-order valence-electron chi connectivity index (χ1n) is 11.4. The first-order chi connectivity index (χ1) is 16.7. The van der Waals surface area contributed by atoms with E-state index >= 15 is 0 Å². The normalized spacial score (nSPS) is 17.9. The van der Waals surface area contributed by atoms with Gasteiger partial charge in [-0.15, -0.1) is 0 Å². The number of carbonyl (C=O) groups excluding carboxylic acids is 1. The van der Waals surface area contributed by atoms with Gasteiger partial charge in [0.1, 0.15) is 22.5 Å². The number of nitrogens with two attached hydrogens (primary N) is 1. The summed E-state index contributed by atoms with van der Waals surface area (Å²) in [5.41, 5.74) is 9.52. The molecule has 0 spiro atoms. The average molecular weight is 495 g/mol. The van der Waals surface area contributed by atoms with Crippen LogP contribution in [0.1, 0.15) is 27.0 Å². The van der Waals surface area contributed by atoms with Crippen molar-refractivity contribution >= 4 is 15.7 Å². The fourth-order valence-electron chi connectivity index (χ4n) is 4.28. The molecule has 184 valence electrons. The van der Waals surface area contributed by atoms with Gasteiger partial charge in [-0.05, 0) is 55.3 Å². The molecule has 1 aliphatic rings.